The van der Waals surface area contributed by atoms with Gasteiger partial charge in [-0.05, 0) is 0 Å². The van der Waals surface area contributed by atoms with Crippen LogP contribution in [0.4, 0.5) is 0 Å². The first-order valence-electron chi connectivity index (χ1n) is 6.10. The fourth-order valence-electron chi connectivity index (χ4n) is 2.04. The normalized spacial score (nSPS) is 21.1. The Morgan fingerprint density at radius 2 is 1.65 bits per heavy atom. The molecule has 0 bridgehead atoms. The van der Waals surface area contributed by atoms with Gasteiger partial charge in [-0.25, -0.2) is 4.79 Å². The highest BCUT2D eigenvalue weighted by Crippen LogP contribution is 2.40. The number of nitrogens with zero attached hydrogens (tertiary/aromatic N) is 1. The van der Waals surface area contributed by atoms with E-state index in [4.69, 9.17) is 0 Å². The van der Waals surface area contributed by atoms with Gasteiger partial charge in [0.15, 0.2) is 0 Å². The predicted octanol–water partition coefficient (Wildman–Crippen LogP) is 2.62. The topological polar surface area (TPSA) is 61.7 Å². The van der Waals surface area contributed by atoms with E-state index in [9.17, 15) is 9.90 Å². The second-order valence-corrected chi connectivity index (χ2v) is 5.55. The molecule has 3 rings (SSSR count). The Balaban J connectivity index is 1.96. The van der Waals surface area contributed by atoms with Crippen LogP contribution in [0.15, 0.2) is 65.8 Å². The summed E-state index contributed by atoms with van der Waals surface area (Å²) in [7, 11) is 0. The Kier molecular flexibility index (Phi) is 3.20. The quantitative estimate of drug-likeness (QED) is 0.909. The first kappa shape index (κ1) is 12.7. The molecule has 0 aromatic heterocycles. The van der Waals surface area contributed by atoms with E-state index in [1.165, 1.54) is 11.8 Å². The Hall–Kier alpha value is -2.27. The zero-order chi connectivity index (χ0) is 14.0. The highest BCUT2D eigenvalue weighted by atomic mass is 32.2. The van der Waals surface area contributed by atoms with Gasteiger partial charge in [0.2, 0.25) is 4.87 Å². The summed E-state index contributed by atoms with van der Waals surface area (Å²) >= 11 is 1.21. The number of nitrogens with one attached hydrogen (secondary N) is 1. The van der Waals surface area contributed by atoms with Gasteiger partial charge in [-0.3, -0.25) is 5.43 Å². The fourth-order valence-corrected chi connectivity index (χ4v) is 3.10. The number of carboxylic acids is 1. The molecule has 5 heteroatoms. The molecule has 2 aromatic carbocycles. The Bertz CT molecular complexity index is 658. The Morgan fingerprint density at radius 3 is 2.25 bits per heavy atom. The van der Waals surface area contributed by atoms with Crippen molar-refractivity contribution in [2.24, 2.45) is 5.10 Å². The van der Waals surface area contributed by atoms with Gasteiger partial charge < -0.3 is 5.11 Å². The van der Waals surface area contributed by atoms with E-state index < -0.39 is 10.8 Å². The van der Waals surface area contributed by atoms with E-state index in [0.717, 1.165) is 5.56 Å². The molecule has 0 radical (unpaired) electrons. The fraction of sp³-hybridized carbons (Fsp3) is 0.0667. The Morgan fingerprint density at radius 1 is 1.05 bits per heavy atom. The second-order valence-electron chi connectivity index (χ2n) is 4.35. The highest BCUT2D eigenvalue weighted by molar-refractivity contribution is 8.16. The van der Waals surface area contributed by atoms with Crippen molar-refractivity contribution in [3.63, 3.8) is 0 Å². The predicted molar refractivity (Wildman–Crippen MR) is 79.5 cm³/mol. The van der Waals surface area contributed by atoms with Crippen LogP contribution in [0, 0.1) is 0 Å². The van der Waals surface area contributed by atoms with Gasteiger partial charge in [0.05, 0.1) is 0 Å². The van der Waals surface area contributed by atoms with Crippen molar-refractivity contribution in [3.8, 4) is 0 Å². The molecule has 2 N–H and O–H groups in total. The monoisotopic (exact) mass is 284 g/mol. The maximum Gasteiger partial charge on any atom is 0.346 e. The van der Waals surface area contributed by atoms with Gasteiger partial charge in [0.1, 0.15) is 5.04 Å². The van der Waals surface area contributed by atoms with Gasteiger partial charge in [0, 0.05) is 11.1 Å². The van der Waals surface area contributed by atoms with E-state index in [0.29, 0.717) is 10.6 Å². The van der Waals surface area contributed by atoms with E-state index in [2.05, 4.69) is 10.5 Å². The third-order valence-electron chi connectivity index (χ3n) is 3.07. The van der Waals surface area contributed by atoms with Crippen LogP contribution in [-0.2, 0) is 9.67 Å². The number of thioether (sulfide) groups is 1. The summed E-state index contributed by atoms with van der Waals surface area (Å²) in [5, 5.41) is 14.5. The smallest absolute Gasteiger partial charge is 0.346 e. The largest absolute Gasteiger partial charge is 0.479 e. The average Bonchev–Trinajstić information content (AvgIpc) is 2.96. The van der Waals surface area contributed by atoms with Crippen LogP contribution in [0.25, 0.3) is 0 Å². The number of benzene rings is 2. The van der Waals surface area contributed by atoms with Crippen LogP contribution in [0.2, 0.25) is 0 Å². The van der Waals surface area contributed by atoms with E-state index >= 15 is 0 Å². The minimum atomic E-state index is -1.26. The molecule has 1 aliphatic heterocycles. The molecule has 1 atom stereocenters. The van der Waals surface area contributed by atoms with Crippen molar-refractivity contribution >= 4 is 22.8 Å². The summed E-state index contributed by atoms with van der Waals surface area (Å²) in [4.78, 5) is 10.5. The molecular weight excluding hydrogens is 272 g/mol. The maximum absolute atomic E-state index is 11.7. The minimum absolute atomic E-state index is 0.673. The highest BCUT2D eigenvalue weighted by Gasteiger charge is 2.46. The molecule has 1 heterocycles. The third kappa shape index (κ3) is 2.06. The van der Waals surface area contributed by atoms with E-state index in [-0.39, 0.29) is 0 Å². The van der Waals surface area contributed by atoms with Crippen molar-refractivity contribution in [2.75, 3.05) is 0 Å². The number of carbonyl (C=O) groups is 1. The van der Waals surface area contributed by atoms with Gasteiger partial charge in [-0.2, -0.15) is 5.10 Å². The van der Waals surface area contributed by atoms with Crippen molar-refractivity contribution in [3.05, 3.63) is 71.8 Å². The summed E-state index contributed by atoms with van der Waals surface area (Å²) in [5.74, 6) is -0.955. The molecule has 0 amide bonds. The van der Waals surface area contributed by atoms with Crippen LogP contribution in [0.1, 0.15) is 11.1 Å². The molecular formula is C15H12N2O2S. The number of rotatable bonds is 3. The summed E-state index contributed by atoms with van der Waals surface area (Å²) < 4.78 is 0. The number of aliphatic carboxylic acids is 1. The van der Waals surface area contributed by atoms with Crippen LogP contribution in [0.3, 0.4) is 0 Å². The molecule has 1 unspecified atom stereocenters. The molecule has 100 valence electrons. The average molecular weight is 284 g/mol. The van der Waals surface area contributed by atoms with Crippen LogP contribution in [0.5, 0.6) is 0 Å². The zero-order valence-electron chi connectivity index (χ0n) is 10.5. The lowest BCUT2D eigenvalue weighted by molar-refractivity contribution is -0.141. The number of hydrazone groups is 1. The van der Waals surface area contributed by atoms with Crippen LogP contribution in [-0.4, -0.2) is 16.1 Å². The molecule has 0 saturated heterocycles. The first-order valence-corrected chi connectivity index (χ1v) is 6.92. The minimum Gasteiger partial charge on any atom is -0.479 e. The molecule has 0 fully saturated rings. The van der Waals surface area contributed by atoms with Crippen LogP contribution >= 0.6 is 11.8 Å². The van der Waals surface area contributed by atoms with E-state index in [1.807, 2.05) is 48.5 Å². The number of hydrogen-bond acceptors (Lipinski definition) is 4. The number of carboxylic acid groups (broad SMARTS) is 1. The van der Waals surface area contributed by atoms with Crippen molar-refractivity contribution in [1.29, 1.82) is 0 Å². The summed E-state index contributed by atoms with van der Waals surface area (Å²) in [6.07, 6.45) is 0. The standard InChI is InChI=1S/C15H12N2O2S/c18-14(19)15(12-9-5-2-6-10-12)17-16-13(20-15)11-7-3-1-4-8-11/h1-10,17H,(H,18,19). The van der Waals surface area contributed by atoms with Gasteiger partial charge in [-0.1, -0.05) is 72.4 Å². The molecule has 0 aliphatic carbocycles. The van der Waals surface area contributed by atoms with E-state index in [1.54, 1.807) is 12.1 Å². The van der Waals surface area contributed by atoms with Crippen molar-refractivity contribution in [2.45, 2.75) is 4.87 Å². The maximum atomic E-state index is 11.7. The van der Waals surface area contributed by atoms with Gasteiger partial charge in [-0.15, -0.1) is 0 Å². The van der Waals surface area contributed by atoms with Crippen molar-refractivity contribution < 1.29 is 9.90 Å². The summed E-state index contributed by atoms with van der Waals surface area (Å²) in [6, 6.07) is 18.6. The van der Waals surface area contributed by atoms with Crippen LogP contribution < -0.4 is 5.43 Å². The first-order chi connectivity index (χ1) is 9.72. The summed E-state index contributed by atoms with van der Waals surface area (Å²) in [5.41, 5.74) is 4.37. The number of hydrogen-bond donors (Lipinski definition) is 2. The molecule has 4 nitrogen and oxygen atoms in total. The lowest BCUT2D eigenvalue weighted by Gasteiger charge is -2.23. The van der Waals surface area contributed by atoms with Gasteiger partial charge >= 0.3 is 5.97 Å². The zero-order valence-corrected chi connectivity index (χ0v) is 11.3. The lowest BCUT2D eigenvalue weighted by Crippen LogP contribution is -2.41. The second kappa shape index (κ2) is 5.02. The third-order valence-corrected chi connectivity index (χ3v) is 4.40. The van der Waals surface area contributed by atoms with Gasteiger partial charge in [0.25, 0.3) is 0 Å². The molecule has 0 spiro atoms. The summed E-state index contributed by atoms with van der Waals surface area (Å²) in [6.45, 7) is 0. The SMILES string of the molecule is O=C(O)C1(c2ccccc2)NN=C(c2ccccc2)S1. The molecule has 2 aromatic rings. The van der Waals surface area contributed by atoms with Crippen molar-refractivity contribution in [1.82, 2.24) is 5.43 Å². The lowest BCUT2D eigenvalue weighted by atomic mass is 10.1. The molecule has 1 aliphatic rings. The Labute approximate surface area is 120 Å². The molecule has 0 saturated carbocycles. The molecule has 20 heavy (non-hydrogen) atoms.